The molecule has 0 radical (unpaired) electrons. The lowest BCUT2D eigenvalue weighted by Crippen LogP contribution is -1.87. The Bertz CT molecular complexity index is 733. The number of benzene rings is 1. The Hall–Kier alpha value is -2.42. The van der Waals surface area contributed by atoms with Gasteiger partial charge in [0.2, 0.25) is 0 Å². The molecule has 3 rings (SSSR count). The van der Waals surface area contributed by atoms with Crippen molar-refractivity contribution in [2.24, 2.45) is 0 Å². The minimum absolute atomic E-state index is 0.941. The third-order valence-corrected chi connectivity index (χ3v) is 3.03. The molecule has 0 saturated carbocycles. The Balaban J connectivity index is 1.98. The smallest absolute Gasteiger partial charge is 0.0927 e. The number of nitrogens with zero attached hydrogens (tertiary/aromatic N) is 2. The summed E-state index contributed by atoms with van der Waals surface area (Å²) in [5, 5.41) is 8.47. The van der Waals surface area contributed by atoms with Gasteiger partial charge in [0, 0.05) is 11.1 Å². The van der Waals surface area contributed by atoms with Crippen molar-refractivity contribution in [1.82, 2.24) is 15.2 Å². The highest BCUT2D eigenvalue weighted by molar-refractivity contribution is 5.88. The molecule has 3 aromatic rings. The van der Waals surface area contributed by atoms with Crippen molar-refractivity contribution < 1.29 is 0 Å². The molecule has 1 aromatic carbocycles. The van der Waals surface area contributed by atoms with E-state index in [4.69, 9.17) is 0 Å². The maximum Gasteiger partial charge on any atom is 0.0927 e. The lowest BCUT2D eigenvalue weighted by atomic mass is 10.1. The van der Waals surface area contributed by atoms with Gasteiger partial charge in [0.25, 0.3) is 0 Å². The highest BCUT2D eigenvalue weighted by Gasteiger charge is 2.01. The van der Waals surface area contributed by atoms with Gasteiger partial charge in [-0.3, -0.25) is 10.1 Å². The molecular weight excluding hydrogens is 234 g/mol. The number of aromatic amines is 1. The summed E-state index contributed by atoms with van der Waals surface area (Å²) in [6.07, 6.45) is 4.00. The third kappa shape index (κ3) is 2.40. The molecule has 0 fully saturated rings. The molecule has 94 valence electrons. The lowest BCUT2D eigenvalue weighted by molar-refractivity contribution is 1.11. The van der Waals surface area contributed by atoms with Crippen LogP contribution in [0.4, 0.5) is 0 Å². The van der Waals surface area contributed by atoms with Crippen LogP contribution in [0.25, 0.3) is 23.1 Å². The number of hydrogen-bond donors (Lipinski definition) is 1. The second-order valence-electron chi connectivity index (χ2n) is 4.70. The summed E-state index contributed by atoms with van der Waals surface area (Å²) >= 11 is 0. The number of para-hydroxylation sites is 1. The SMILES string of the molecule is Cc1cc(C)nc(C=Cc2n[nH]c3ccccc23)c1. The van der Waals surface area contributed by atoms with Crippen LogP contribution in [0, 0.1) is 13.8 Å². The summed E-state index contributed by atoms with van der Waals surface area (Å²) in [5.41, 5.74) is 5.21. The fourth-order valence-corrected chi connectivity index (χ4v) is 2.23. The molecule has 0 spiro atoms. The van der Waals surface area contributed by atoms with E-state index in [1.807, 2.05) is 37.3 Å². The van der Waals surface area contributed by atoms with Crippen LogP contribution in [0.15, 0.2) is 36.4 Å². The number of aryl methyl sites for hydroxylation is 2. The van der Waals surface area contributed by atoms with Crippen LogP contribution in [0.3, 0.4) is 0 Å². The summed E-state index contributed by atoms with van der Waals surface area (Å²) in [4.78, 5) is 4.49. The maximum atomic E-state index is 4.49. The van der Waals surface area contributed by atoms with Gasteiger partial charge in [-0.2, -0.15) is 5.10 Å². The molecule has 2 heterocycles. The molecule has 0 unspecified atom stereocenters. The van der Waals surface area contributed by atoms with E-state index in [2.05, 4.69) is 40.3 Å². The standard InChI is InChI=1S/C16H15N3/c1-11-9-12(2)17-13(10-11)7-8-16-14-5-3-4-6-15(14)18-19-16/h3-10H,1-2H3,(H,18,19). The molecule has 2 aromatic heterocycles. The molecule has 3 nitrogen and oxygen atoms in total. The first-order valence-corrected chi connectivity index (χ1v) is 6.29. The zero-order valence-corrected chi connectivity index (χ0v) is 11.0. The second kappa shape index (κ2) is 4.69. The van der Waals surface area contributed by atoms with Crippen LogP contribution in [-0.4, -0.2) is 15.2 Å². The van der Waals surface area contributed by atoms with E-state index in [0.29, 0.717) is 0 Å². The zero-order chi connectivity index (χ0) is 13.2. The van der Waals surface area contributed by atoms with Gasteiger partial charge in [0.1, 0.15) is 0 Å². The first-order valence-electron chi connectivity index (χ1n) is 6.29. The van der Waals surface area contributed by atoms with Gasteiger partial charge >= 0.3 is 0 Å². The summed E-state index contributed by atoms with van der Waals surface area (Å²) in [6, 6.07) is 12.2. The van der Waals surface area contributed by atoms with E-state index >= 15 is 0 Å². The van der Waals surface area contributed by atoms with Crippen molar-refractivity contribution in [3.8, 4) is 0 Å². The van der Waals surface area contributed by atoms with Crippen molar-refractivity contribution in [2.45, 2.75) is 13.8 Å². The Morgan fingerprint density at radius 1 is 1.05 bits per heavy atom. The molecule has 0 atom stereocenters. The molecule has 0 aliphatic heterocycles. The van der Waals surface area contributed by atoms with Gasteiger partial charge in [-0.15, -0.1) is 0 Å². The fourth-order valence-electron chi connectivity index (χ4n) is 2.23. The topological polar surface area (TPSA) is 41.6 Å². The van der Waals surface area contributed by atoms with Crippen LogP contribution in [0.5, 0.6) is 0 Å². The molecular formula is C16H15N3. The highest BCUT2D eigenvalue weighted by atomic mass is 15.1. The van der Waals surface area contributed by atoms with Crippen molar-refractivity contribution >= 4 is 23.1 Å². The van der Waals surface area contributed by atoms with Crippen molar-refractivity contribution in [3.63, 3.8) is 0 Å². The van der Waals surface area contributed by atoms with E-state index in [1.165, 1.54) is 5.56 Å². The van der Waals surface area contributed by atoms with Gasteiger partial charge in [0.15, 0.2) is 0 Å². The van der Waals surface area contributed by atoms with Crippen LogP contribution in [0.2, 0.25) is 0 Å². The highest BCUT2D eigenvalue weighted by Crippen LogP contribution is 2.17. The Kier molecular flexibility index (Phi) is 2.88. The first-order chi connectivity index (χ1) is 9.22. The summed E-state index contributed by atoms with van der Waals surface area (Å²) in [7, 11) is 0. The lowest BCUT2D eigenvalue weighted by Gasteiger charge is -1.98. The van der Waals surface area contributed by atoms with Crippen molar-refractivity contribution in [3.05, 3.63) is 59.0 Å². The monoisotopic (exact) mass is 249 g/mol. The van der Waals surface area contributed by atoms with Gasteiger partial charge in [-0.1, -0.05) is 18.2 Å². The Morgan fingerprint density at radius 2 is 1.89 bits per heavy atom. The predicted molar refractivity (Wildman–Crippen MR) is 78.7 cm³/mol. The summed E-state index contributed by atoms with van der Waals surface area (Å²) in [6.45, 7) is 4.09. The minimum Gasteiger partial charge on any atom is -0.277 e. The molecule has 0 bridgehead atoms. The molecule has 3 heteroatoms. The fraction of sp³-hybridized carbons (Fsp3) is 0.125. The van der Waals surface area contributed by atoms with Crippen molar-refractivity contribution in [1.29, 1.82) is 0 Å². The van der Waals surface area contributed by atoms with Gasteiger partial charge in [-0.05, 0) is 49.8 Å². The van der Waals surface area contributed by atoms with E-state index in [0.717, 1.165) is 28.0 Å². The van der Waals surface area contributed by atoms with E-state index < -0.39 is 0 Å². The quantitative estimate of drug-likeness (QED) is 0.751. The molecule has 0 amide bonds. The van der Waals surface area contributed by atoms with Crippen LogP contribution in [-0.2, 0) is 0 Å². The Morgan fingerprint density at radius 3 is 2.74 bits per heavy atom. The average molecular weight is 249 g/mol. The molecule has 1 N–H and O–H groups in total. The predicted octanol–water partition coefficient (Wildman–Crippen LogP) is 3.75. The number of hydrogen-bond acceptors (Lipinski definition) is 2. The van der Waals surface area contributed by atoms with Gasteiger partial charge < -0.3 is 0 Å². The zero-order valence-electron chi connectivity index (χ0n) is 11.0. The Labute approximate surface area is 112 Å². The number of aromatic nitrogens is 3. The van der Waals surface area contributed by atoms with E-state index in [-0.39, 0.29) is 0 Å². The summed E-state index contributed by atoms with van der Waals surface area (Å²) in [5.74, 6) is 0. The van der Waals surface area contributed by atoms with Crippen LogP contribution >= 0.6 is 0 Å². The number of fused-ring (bicyclic) bond motifs is 1. The molecule has 19 heavy (non-hydrogen) atoms. The van der Waals surface area contributed by atoms with Gasteiger partial charge in [-0.25, -0.2) is 0 Å². The normalized spacial score (nSPS) is 11.5. The number of rotatable bonds is 2. The maximum absolute atomic E-state index is 4.49. The number of H-pyrrole nitrogens is 1. The number of nitrogens with one attached hydrogen (secondary N) is 1. The third-order valence-electron chi connectivity index (χ3n) is 3.03. The first kappa shape index (κ1) is 11.7. The van der Waals surface area contributed by atoms with Crippen LogP contribution in [0.1, 0.15) is 22.6 Å². The summed E-state index contributed by atoms with van der Waals surface area (Å²) < 4.78 is 0. The molecule has 0 aliphatic rings. The van der Waals surface area contributed by atoms with E-state index in [9.17, 15) is 0 Å². The van der Waals surface area contributed by atoms with Gasteiger partial charge in [0.05, 0.1) is 16.9 Å². The number of pyridine rings is 1. The molecule has 0 saturated heterocycles. The van der Waals surface area contributed by atoms with Crippen molar-refractivity contribution in [2.75, 3.05) is 0 Å². The second-order valence-corrected chi connectivity index (χ2v) is 4.70. The largest absolute Gasteiger partial charge is 0.277 e. The minimum atomic E-state index is 0.941. The van der Waals surface area contributed by atoms with Crippen LogP contribution < -0.4 is 0 Å². The average Bonchev–Trinajstić information content (AvgIpc) is 2.78. The van der Waals surface area contributed by atoms with E-state index in [1.54, 1.807) is 0 Å². The molecule has 0 aliphatic carbocycles.